The molecule has 4 aromatic rings. The first-order chi connectivity index (χ1) is 14.7. The largest absolute Gasteiger partial charge is 0.450 e. The molecule has 0 aliphatic carbocycles. The van der Waals surface area contributed by atoms with Crippen molar-refractivity contribution in [3.8, 4) is 11.8 Å². The highest BCUT2D eigenvalue weighted by Crippen LogP contribution is 2.29. The van der Waals surface area contributed by atoms with Crippen LogP contribution in [0.5, 0.6) is 0 Å². The molecule has 0 radical (unpaired) electrons. The molecule has 0 fully saturated rings. The minimum absolute atomic E-state index is 0.0705. The van der Waals surface area contributed by atoms with Crippen LogP contribution >= 0.6 is 11.8 Å². The van der Waals surface area contributed by atoms with Gasteiger partial charge < -0.3 is 9.73 Å². The van der Waals surface area contributed by atoms with Gasteiger partial charge in [-0.15, -0.1) is 5.10 Å². The van der Waals surface area contributed by atoms with Crippen LogP contribution in [0.1, 0.15) is 5.76 Å². The molecule has 1 amide bonds. The number of benzene rings is 2. The second-order valence-corrected chi connectivity index (χ2v) is 6.93. The Hall–Kier alpha value is -4.16. The van der Waals surface area contributed by atoms with E-state index in [-0.39, 0.29) is 5.57 Å². The lowest BCUT2D eigenvalue weighted by molar-refractivity contribution is -0.112. The predicted octanol–water partition coefficient (Wildman–Crippen LogP) is 3.95. The van der Waals surface area contributed by atoms with Crippen LogP contribution in [0.2, 0.25) is 0 Å². The zero-order valence-corrected chi connectivity index (χ0v) is 16.3. The number of carbonyl (C=O) groups is 1. The molecule has 0 aliphatic heterocycles. The number of anilines is 1. The molecule has 2 heterocycles. The number of hydrogen-bond acceptors (Lipinski definition) is 7. The quantitative estimate of drug-likeness (QED) is 0.376. The third-order valence-corrected chi connectivity index (χ3v) is 4.78. The third-order valence-electron chi connectivity index (χ3n) is 3.92. The van der Waals surface area contributed by atoms with E-state index in [1.54, 1.807) is 41.1 Å². The highest BCUT2D eigenvalue weighted by atomic mass is 32.2. The molecule has 4 rings (SSSR count). The predicted molar refractivity (Wildman–Crippen MR) is 111 cm³/mol. The number of aromatic nitrogens is 4. The number of rotatable bonds is 6. The standard InChI is InChI=1S/C21H14N6O2S/c22-14-15(20(28)23-16-7-3-1-4-8-16)13-18-11-12-19(29-18)30-21-24-25-26-27(21)17-9-5-2-6-10-17/h1-13H,(H,23,28)/b15-13+. The summed E-state index contributed by atoms with van der Waals surface area (Å²) in [5.41, 5.74) is 1.35. The molecule has 0 saturated carbocycles. The molecule has 0 saturated heterocycles. The first-order valence-electron chi connectivity index (χ1n) is 8.82. The molecular formula is C21H14N6O2S. The number of carbonyl (C=O) groups excluding carboxylic acids is 1. The third kappa shape index (κ3) is 4.45. The maximum atomic E-state index is 12.3. The molecular weight excluding hydrogens is 400 g/mol. The summed E-state index contributed by atoms with van der Waals surface area (Å²) >= 11 is 1.23. The maximum Gasteiger partial charge on any atom is 0.266 e. The molecule has 2 aromatic heterocycles. The van der Waals surface area contributed by atoms with Gasteiger partial charge in [-0.05, 0) is 58.6 Å². The van der Waals surface area contributed by atoms with Crippen molar-refractivity contribution in [3.05, 3.63) is 84.1 Å². The fourth-order valence-electron chi connectivity index (χ4n) is 2.54. The SMILES string of the molecule is N#C/C(=C\c1ccc(Sc2nnnn2-c2ccccc2)o1)C(=O)Nc1ccccc1. The van der Waals surface area contributed by atoms with E-state index in [9.17, 15) is 10.1 Å². The van der Waals surface area contributed by atoms with E-state index in [0.29, 0.717) is 21.7 Å². The van der Waals surface area contributed by atoms with Crippen molar-refractivity contribution < 1.29 is 9.21 Å². The van der Waals surface area contributed by atoms with Crippen LogP contribution in [0.15, 0.2) is 93.0 Å². The number of tetrazole rings is 1. The van der Waals surface area contributed by atoms with Crippen LogP contribution in [0, 0.1) is 11.3 Å². The van der Waals surface area contributed by atoms with E-state index in [1.807, 2.05) is 42.5 Å². The highest BCUT2D eigenvalue weighted by Gasteiger charge is 2.14. The van der Waals surface area contributed by atoms with Gasteiger partial charge in [0.1, 0.15) is 17.4 Å². The average Bonchev–Trinajstić information content (AvgIpc) is 3.43. The topological polar surface area (TPSA) is 110 Å². The van der Waals surface area contributed by atoms with Gasteiger partial charge in [0.15, 0.2) is 5.09 Å². The Morgan fingerprint density at radius 2 is 1.80 bits per heavy atom. The van der Waals surface area contributed by atoms with Crippen molar-refractivity contribution >= 4 is 29.4 Å². The summed E-state index contributed by atoms with van der Waals surface area (Å²) in [5.74, 6) is -0.140. The fraction of sp³-hybridized carbons (Fsp3) is 0. The van der Waals surface area contributed by atoms with E-state index in [1.165, 1.54) is 17.8 Å². The summed E-state index contributed by atoms with van der Waals surface area (Å²) in [5, 5.41) is 24.8. The van der Waals surface area contributed by atoms with Crippen molar-refractivity contribution in [3.63, 3.8) is 0 Å². The zero-order chi connectivity index (χ0) is 20.8. The van der Waals surface area contributed by atoms with E-state index in [2.05, 4.69) is 20.8 Å². The molecule has 0 aliphatic rings. The Labute approximate surface area is 175 Å². The Kier molecular flexibility index (Phi) is 5.68. The maximum absolute atomic E-state index is 12.3. The van der Waals surface area contributed by atoms with Crippen LogP contribution in [0.3, 0.4) is 0 Å². The minimum Gasteiger partial charge on any atom is -0.450 e. The summed E-state index contributed by atoms with van der Waals surface area (Å²) in [4.78, 5) is 12.3. The van der Waals surface area contributed by atoms with Gasteiger partial charge in [0, 0.05) is 11.8 Å². The van der Waals surface area contributed by atoms with Crippen LogP contribution in [-0.2, 0) is 4.79 Å². The number of nitriles is 1. The molecule has 8 nitrogen and oxygen atoms in total. The van der Waals surface area contributed by atoms with Crippen molar-refractivity contribution in [1.82, 2.24) is 20.2 Å². The van der Waals surface area contributed by atoms with Crippen LogP contribution in [-0.4, -0.2) is 26.1 Å². The first-order valence-corrected chi connectivity index (χ1v) is 9.64. The first kappa shape index (κ1) is 19.2. The molecule has 0 spiro atoms. The summed E-state index contributed by atoms with van der Waals surface area (Å²) in [6.45, 7) is 0. The lowest BCUT2D eigenvalue weighted by atomic mass is 10.2. The number of hydrogen-bond donors (Lipinski definition) is 1. The molecule has 2 aromatic carbocycles. The van der Waals surface area contributed by atoms with Gasteiger partial charge in [-0.25, -0.2) is 0 Å². The van der Waals surface area contributed by atoms with E-state index >= 15 is 0 Å². The number of furan rings is 1. The molecule has 0 unspecified atom stereocenters. The lowest BCUT2D eigenvalue weighted by Gasteiger charge is -2.03. The monoisotopic (exact) mass is 414 g/mol. The number of nitrogens with one attached hydrogen (secondary N) is 1. The van der Waals surface area contributed by atoms with Gasteiger partial charge in [-0.1, -0.05) is 36.4 Å². The highest BCUT2D eigenvalue weighted by molar-refractivity contribution is 7.99. The molecule has 0 bridgehead atoms. The summed E-state index contributed by atoms with van der Waals surface area (Å²) in [6, 6.07) is 23.7. The van der Waals surface area contributed by atoms with Gasteiger partial charge in [0.05, 0.1) is 5.69 Å². The number of nitrogens with zero attached hydrogens (tertiary/aromatic N) is 5. The van der Waals surface area contributed by atoms with E-state index in [0.717, 1.165) is 5.69 Å². The zero-order valence-electron chi connectivity index (χ0n) is 15.5. The Morgan fingerprint density at radius 3 is 2.53 bits per heavy atom. The van der Waals surface area contributed by atoms with Crippen molar-refractivity contribution in [1.29, 1.82) is 5.26 Å². The molecule has 30 heavy (non-hydrogen) atoms. The Bertz CT molecular complexity index is 1230. The van der Waals surface area contributed by atoms with E-state index in [4.69, 9.17) is 4.42 Å². The fourth-order valence-corrected chi connectivity index (χ4v) is 3.30. The van der Waals surface area contributed by atoms with Gasteiger partial charge in [-0.2, -0.15) is 9.94 Å². The normalized spacial score (nSPS) is 11.1. The Balaban J connectivity index is 1.50. The number of para-hydroxylation sites is 2. The van der Waals surface area contributed by atoms with Crippen molar-refractivity contribution in [2.24, 2.45) is 0 Å². The number of amides is 1. The van der Waals surface area contributed by atoms with Gasteiger partial charge in [0.25, 0.3) is 5.91 Å². The lowest BCUT2D eigenvalue weighted by Crippen LogP contribution is -2.13. The van der Waals surface area contributed by atoms with E-state index < -0.39 is 5.91 Å². The molecule has 1 N–H and O–H groups in total. The smallest absolute Gasteiger partial charge is 0.266 e. The van der Waals surface area contributed by atoms with Crippen LogP contribution in [0.25, 0.3) is 11.8 Å². The summed E-state index contributed by atoms with van der Waals surface area (Å²) in [7, 11) is 0. The second-order valence-electron chi connectivity index (χ2n) is 5.96. The molecule has 0 atom stereocenters. The summed E-state index contributed by atoms with van der Waals surface area (Å²) in [6.07, 6.45) is 1.39. The molecule has 9 heteroatoms. The van der Waals surface area contributed by atoms with Crippen LogP contribution in [0.4, 0.5) is 5.69 Å². The van der Waals surface area contributed by atoms with Gasteiger partial charge in [-0.3, -0.25) is 4.79 Å². The summed E-state index contributed by atoms with van der Waals surface area (Å²) < 4.78 is 7.32. The minimum atomic E-state index is -0.512. The molecule has 146 valence electrons. The van der Waals surface area contributed by atoms with Crippen molar-refractivity contribution in [2.45, 2.75) is 10.2 Å². The van der Waals surface area contributed by atoms with Gasteiger partial charge in [0.2, 0.25) is 5.16 Å². The second kappa shape index (κ2) is 8.89. The van der Waals surface area contributed by atoms with Crippen molar-refractivity contribution in [2.75, 3.05) is 5.32 Å². The van der Waals surface area contributed by atoms with Crippen LogP contribution < -0.4 is 5.32 Å². The van der Waals surface area contributed by atoms with Gasteiger partial charge >= 0.3 is 0 Å². The average molecular weight is 414 g/mol. The Morgan fingerprint density at radius 1 is 1.07 bits per heavy atom.